The summed E-state index contributed by atoms with van der Waals surface area (Å²) in [6, 6.07) is 18.7. The number of aromatic amines is 1. The third kappa shape index (κ3) is 5.57. The van der Waals surface area contributed by atoms with Gasteiger partial charge in [0.05, 0.1) is 11.9 Å². The third-order valence-electron chi connectivity index (χ3n) is 5.50. The van der Waals surface area contributed by atoms with Gasteiger partial charge in [-0.3, -0.25) is 14.6 Å². The molecule has 0 aliphatic rings. The van der Waals surface area contributed by atoms with Crippen molar-refractivity contribution in [1.82, 2.24) is 25.3 Å². The monoisotopic (exact) mass is 459 g/mol. The number of carboxylic acid groups (broad SMARTS) is 1. The van der Waals surface area contributed by atoms with Crippen LogP contribution in [0, 0.1) is 0 Å². The lowest BCUT2D eigenvalue weighted by molar-refractivity contribution is -0.147. The van der Waals surface area contributed by atoms with Crippen LogP contribution in [0.15, 0.2) is 73.1 Å². The molecule has 1 unspecified atom stereocenters. The molecule has 0 fully saturated rings. The number of hydrogen-bond donors (Lipinski definition) is 4. The smallest absolute Gasteiger partial charge is 0.332 e. The van der Waals surface area contributed by atoms with E-state index in [9.17, 15) is 14.7 Å². The maximum absolute atomic E-state index is 12.8. The largest absolute Gasteiger partial charge is 0.479 e. The van der Waals surface area contributed by atoms with Gasteiger partial charge in [-0.25, -0.2) is 4.79 Å². The topological polar surface area (TPSA) is 133 Å². The second-order valence-corrected chi connectivity index (χ2v) is 8.10. The van der Waals surface area contributed by atoms with Crippen LogP contribution in [-0.2, 0) is 18.3 Å². The number of carbonyl (C=O) groups excluding carboxylic acids is 1. The predicted molar refractivity (Wildman–Crippen MR) is 126 cm³/mol. The summed E-state index contributed by atoms with van der Waals surface area (Å²) in [6.45, 7) is 0. The number of aliphatic hydroxyl groups is 1. The molecule has 2 aromatic carbocycles. The normalized spacial score (nSPS) is 12.8. The lowest BCUT2D eigenvalue weighted by atomic mass is 9.97. The van der Waals surface area contributed by atoms with Gasteiger partial charge in [-0.05, 0) is 29.2 Å². The van der Waals surface area contributed by atoms with Crippen molar-refractivity contribution in [1.29, 1.82) is 0 Å². The third-order valence-corrected chi connectivity index (χ3v) is 5.50. The average Bonchev–Trinajstić information content (AvgIpc) is 3.49. The van der Waals surface area contributed by atoms with E-state index in [0.717, 1.165) is 22.3 Å². The Labute approximate surface area is 196 Å². The van der Waals surface area contributed by atoms with E-state index < -0.39 is 24.0 Å². The van der Waals surface area contributed by atoms with E-state index in [1.807, 2.05) is 54.6 Å². The van der Waals surface area contributed by atoms with Gasteiger partial charge in [0.1, 0.15) is 0 Å². The highest BCUT2D eigenvalue weighted by Crippen LogP contribution is 2.21. The Morgan fingerprint density at radius 2 is 1.76 bits per heavy atom. The van der Waals surface area contributed by atoms with Crippen molar-refractivity contribution < 1.29 is 19.8 Å². The summed E-state index contributed by atoms with van der Waals surface area (Å²) in [6.07, 6.45) is 2.06. The molecular weight excluding hydrogens is 434 g/mol. The summed E-state index contributed by atoms with van der Waals surface area (Å²) in [5.74, 6) is -1.80. The number of H-pyrrole nitrogens is 1. The van der Waals surface area contributed by atoms with Crippen molar-refractivity contribution in [3.8, 4) is 22.4 Å². The molecule has 1 amide bonds. The fraction of sp³-hybridized carbons (Fsp3) is 0.200. The quantitative estimate of drug-likeness (QED) is 0.304. The maximum atomic E-state index is 12.8. The van der Waals surface area contributed by atoms with Crippen molar-refractivity contribution in [2.24, 2.45) is 7.05 Å². The highest BCUT2D eigenvalue weighted by atomic mass is 16.4. The number of hydrogen-bond acceptors (Lipinski definition) is 5. The minimum atomic E-state index is -1.60. The predicted octanol–water partition coefficient (Wildman–Crippen LogP) is 2.65. The number of nitrogens with zero attached hydrogens (tertiary/aromatic N) is 3. The van der Waals surface area contributed by atoms with E-state index in [-0.39, 0.29) is 12.1 Å². The van der Waals surface area contributed by atoms with Crippen LogP contribution in [0.4, 0.5) is 0 Å². The number of aliphatic carboxylic acids is 1. The summed E-state index contributed by atoms with van der Waals surface area (Å²) in [4.78, 5) is 24.1. The van der Waals surface area contributed by atoms with Crippen LogP contribution in [0.5, 0.6) is 0 Å². The van der Waals surface area contributed by atoms with Crippen LogP contribution in [0.3, 0.4) is 0 Å². The second kappa shape index (κ2) is 10.1. The van der Waals surface area contributed by atoms with Crippen molar-refractivity contribution in [2.45, 2.75) is 25.0 Å². The van der Waals surface area contributed by atoms with Crippen LogP contribution < -0.4 is 5.32 Å². The number of aliphatic hydroxyl groups excluding tert-OH is 1. The summed E-state index contributed by atoms with van der Waals surface area (Å²) < 4.78 is 1.64. The number of rotatable bonds is 9. The SMILES string of the molecule is Cn1cc(-c2cc(C(=O)NC(Cc3ccc(-c4ccccc4)cc3)C[C@@H](O)C(=O)O)n[nH]2)cn1. The van der Waals surface area contributed by atoms with E-state index in [1.54, 1.807) is 30.2 Å². The molecular formula is C25H25N5O4. The number of amides is 1. The first-order valence-electron chi connectivity index (χ1n) is 10.8. The maximum Gasteiger partial charge on any atom is 0.332 e. The standard InChI is InChI=1S/C25H25N5O4/c1-30-15-19(14-26-30)21-13-22(29-28-21)24(32)27-20(12-23(31)25(33)34)11-16-7-9-18(10-8-16)17-5-3-2-4-6-17/h2-10,13-15,20,23,31H,11-12H2,1H3,(H,27,32)(H,28,29)(H,33,34)/t20?,23-/m1/s1. The molecule has 2 heterocycles. The lowest BCUT2D eigenvalue weighted by Crippen LogP contribution is -2.40. The van der Waals surface area contributed by atoms with Gasteiger partial charge in [0.25, 0.3) is 5.91 Å². The van der Waals surface area contributed by atoms with E-state index in [0.29, 0.717) is 12.1 Å². The first-order valence-corrected chi connectivity index (χ1v) is 10.8. The van der Waals surface area contributed by atoms with Gasteiger partial charge in [0.2, 0.25) is 0 Å². The van der Waals surface area contributed by atoms with Gasteiger partial charge in [-0.15, -0.1) is 0 Å². The molecule has 2 aromatic heterocycles. The molecule has 2 atom stereocenters. The highest BCUT2D eigenvalue weighted by molar-refractivity contribution is 5.93. The molecule has 4 N–H and O–H groups in total. The van der Waals surface area contributed by atoms with Gasteiger partial charge in [0.15, 0.2) is 11.8 Å². The molecule has 9 nitrogen and oxygen atoms in total. The number of benzene rings is 2. The van der Waals surface area contributed by atoms with Gasteiger partial charge >= 0.3 is 5.97 Å². The molecule has 0 radical (unpaired) electrons. The van der Waals surface area contributed by atoms with Gasteiger partial charge in [-0.1, -0.05) is 54.6 Å². The number of carboxylic acids is 1. The summed E-state index contributed by atoms with van der Waals surface area (Å²) >= 11 is 0. The summed E-state index contributed by atoms with van der Waals surface area (Å²) in [5.41, 5.74) is 4.62. The molecule has 0 aliphatic heterocycles. The summed E-state index contributed by atoms with van der Waals surface area (Å²) in [7, 11) is 1.79. The van der Waals surface area contributed by atoms with Crippen LogP contribution in [-0.4, -0.2) is 54.2 Å². The van der Waals surface area contributed by atoms with Crippen molar-refractivity contribution in [3.05, 3.63) is 84.3 Å². The zero-order valence-electron chi connectivity index (χ0n) is 18.5. The Morgan fingerprint density at radius 3 is 2.41 bits per heavy atom. The average molecular weight is 460 g/mol. The molecule has 0 saturated carbocycles. The van der Waals surface area contributed by atoms with Gasteiger partial charge in [-0.2, -0.15) is 10.2 Å². The zero-order valence-corrected chi connectivity index (χ0v) is 18.5. The first kappa shape index (κ1) is 22.9. The van der Waals surface area contributed by atoms with Crippen LogP contribution in [0.2, 0.25) is 0 Å². The zero-order chi connectivity index (χ0) is 24.1. The van der Waals surface area contributed by atoms with Crippen molar-refractivity contribution in [3.63, 3.8) is 0 Å². The first-order chi connectivity index (χ1) is 16.4. The fourth-order valence-electron chi connectivity index (χ4n) is 3.72. The number of carbonyl (C=O) groups is 2. The Bertz CT molecular complexity index is 1260. The minimum Gasteiger partial charge on any atom is -0.479 e. The molecule has 4 rings (SSSR count). The molecule has 4 aromatic rings. The van der Waals surface area contributed by atoms with Crippen LogP contribution in [0.1, 0.15) is 22.5 Å². The molecule has 0 aliphatic carbocycles. The van der Waals surface area contributed by atoms with Gasteiger partial charge < -0.3 is 15.5 Å². The Morgan fingerprint density at radius 1 is 1.06 bits per heavy atom. The Kier molecular flexibility index (Phi) is 6.84. The fourth-order valence-corrected chi connectivity index (χ4v) is 3.72. The molecule has 174 valence electrons. The van der Waals surface area contributed by atoms with Crippen LogP contribution in [0.25, 0.3) is 22.4 Å². The van der Waals surface area contributed by atoms with E-state index >= 15 is 0 Å². The molecule has 0 bridgehead atoms. The summed E-state index contributed by atoms with van der Waals surface area (Å²) in [5, 5.41) is 32.9. The van der Waals surface area contributed by atoms with Crippen LogP contribution >= 0.6 is 0 Å². The second-order valence-electron chi connectivity index (χ2n) is 8.10. The number of aromatic nitrogens is 4. The van der Waals surface area contributed by atoms with Crippen molar-refractivity contribution in [2.75, 3.05) is 0 Å². The lowest BCUT2D eigenvalue weighted by Gasteiger charge is -2.20. The Hall–Kier alpha value is -4.24. The Balaban J connectivity index is 1.48. The van der Waals surface area contributed by atoms with Gasteiger partial charge in [0, 0.05) is 31.3 Å². The molecule has 0 spiro atoms. The molecule has 9 heteroatoms. The van der Waals surface area contributed by atoms with E-state index in [1.165, 1.54) is 0 Å². The van der Waals surface area contributed by atoms with Crippen molar-refractivity contribution >= 4 is 11.9 Å². The number of aryl methyl sites for hydroxylation is 1. The highest BCUT2D eigenvalue weighted by Gasteiger charge is 2.23. The molecule has 34 heavy (non-hydrogen) atoms. The van der Waals surface area contributed by atoms with E-state index in [2.05, 4.69) is 20.6 Å². The minimum absolute atomic E-state index is 0.138. The molecule has 0 saturated heterocycles. The number of nitrogens with one attached hydrogen (secondary N) is 2. The van der Waals surface area contributed by atoms with E-state index in [4.69, 9.17) is 5.11 Å².